The van der Waals surface area contributed by atoms with E-state index in [9.17, 15) is 9.36 Å². The van der Waals surface area contributed by atoms with Crippen molar-refractivity contribution >= 4 is 13.4 Å². The molecule has 0 bridgehead atoms. The predicted molar refractivity (Wildman–Crippen MR) is 44.4 cm³/mol. The highest BCUT2D eigenvalue weighted by Crippen LogP contribution is 2.34. The number of ketones is 1. The van der Waals surface area contributed by atoms with E-state index in [2.05, 4.69) is 4.98 Å². The van der Waals surface area contributed by atoms with Crippen molar-refractivity contribution in [2.24, 2.45) is 7.05 Å². The molecule has 0 saturated carbocycles. The monoisotopic (exact) mass is 204 g/mol. The first-order valence-electron chi connectivity index (χ1n) is 3.44. The predicted octanol–water partition coefficient (Wildman–Crippen LogP) is -0.220. The van der Waals surface area contributed by atoms with Crippen LogP contribution in [0.25, 0.3) is 0 Å². The second-order valence-corrected chi connectivity index (χ2v) is 4.32. The number of carbonyl (C=O) groups is 1. The Morgan fingerprint density at radius 3 is 2.69 bits per heavy atom. The molecule has 7 heteroatoms. The molecule has 72 valence electrons. The van der Waals surface area contributed by atoms with E-state index in [-0.39, 0.29) is 5.69 Å². The van der Waals surface area contributed by atoms with Gasteiger partial charge in [-0.15, -0.1) is 0 Å². The molecule has 0 aliphatic heterocycles. The second-order valence-electron chi connectivity index (χ2n) is 2.67. The lowest BCUT2D eigenvalue weighted by molar-refractivity contribution is 0.101. The van der Waals surface area contributed by atoms with Gasteiger partial charge < -0.3 is 14.4 Å². The standard InChI is InChI=1S/C6H9N2O4P/c1-8-2-5(7-4-8)6(9)3-13(10,11)12/h2,4H,3H2,1H3,(H2,10,11,12). The normalized spacial score (nSPS) is 11.6. The van der Waals surface area contributed by atoms with Crippen LogP contribution in [0.3, 0.4) is 0 Å². The van der Waals surface area contributed by atoms with Gasteiger partial charge >= 0.3 is 7.60 Å². The molecule has 0 fully saturated rings. The van der Waals surface area contributed by atoms with E-state index in [0.717, 1.165) is 0 Å². The van der Waals surface area contributed by atoms with E-state index in [0.29, 0.717) is 0 Å². The van der Waals surface area contributed by atoms with Crippen LogP contribution in [-0.4, -0.2) is 31.3 Å². The highest BCUT2D eigenvalue weighted by molar-refractivity contribution is 7.52. The Morgan fingerprint density at radius 1 is 1.69 bits per heavy atom. The maximum Gasteiger partial charge on any atom is 0.333 e. The molecule has 0 amide bonds. The average Bonchev–Trinajstić information content (AvgIpc) is 2.31. The molecule has 0 spiro atoms. The summed E-state index contributed by atoms with van der Waals surface area (Å²) < 4.78 is 12.0. The van der Waals surface area contributed by atoms with Crippen molar-refractivity contribution in [3.8, 4) is 0 Å². The zero-order valence-electron chi connectivity index (χ0n) is 6.91. The van der Waals surface area contributed by atoms with E-state index in [1.807, 2.05) is 0 Å². The molecule has 1 aromatic heterocycles. The molecule has 0 unspecified atom stereocenters. The topological polar surface area (TPSA) is 92.4 Å². The van der Waals surface area contributed by atoms with Crippen molar-refractivity contribution in [1.82, 2.24) is 9.55 Å². The van der Waals surface area contributed by atoms with Gasteiger partial charge in [0.2, 0.25) is 0 Å². The Bertz CT molecular complexity index is 366. The highest BCUT2D eigenvalue weighted by atomic mass is 31.2. The van der Waals surface area contributed by atoms with Crippen LogP contribution < -0.4 is 0 Å². The number of imidazole rings is 1. The minimum absolute atomic E-state index is 0.0748. The maximum absolute atomic E-state index is 11.1. The fourth-order valence-electron chi connectivity index (χ4n) is 0.825. The smallest absolute Gasteiger partial charge is 0.333 e. The summed E-state index contributed by atoms with van der Waals surface area (Å²) in [5, 5.41) is 0. The van der Waals surface area contributed by atoms with Gasteiger partial charge in [0.15, 0.2) is 5.78 Å². The minimum atomic E-state index is -4.28. The molecule has 0 aliphatic rings. The molecule has 0 saturated heterocycles. The summed E-state index contributed by atoms with van der Waals surface area (Å²) in [5.41, 5.74) is 0.0748. The first-order chi connectivity index (χ1) is 5.88. The lowest BCUT2D eigenvalue weighted by Crippen LogP contribution is -2.06. The van der Waals surface area contributed by atoms with Crippen molar-refractivity contribution in [1.29, 1.82) is 0 Å². The Morgan fingerprint density at radius 2 is 2.31 bits per heavy atom. The first kappa shape index (κ1) is 10.1. The fraction of sp³-hybridized carbons (Fsp3) is 0.333. The maximum atomic E-state index is 11.1. The summed E-state index contributed by atoms with van der Waals surface area (Å²) in [6, 6.07) is 0. The summed E-state index contributed by atoms with van der Waals surface area (Å²) in [6.07, 6.45) is 2.02. The summed E-state index contributed by atoms with van der Waals surface area (Å²) in [6.45, 7) is 0. The molecule has 0 radical (unpaired) electrons. The van der Waals surface area contributed by atoms with E-state index in [4.69, 9.17) is 9.79 Å². The van der Waals surface area contributed by atoms with Gasteiger partial charge in [0.05, 0.1) is 6.33 Å². The highest BCUT2D eigenvalue weighted by Gasteiger charge is 2.21. The number of carbonyl (C=O) groups excluding carboxylic acids is 1. The molecule has 0 aliphatic carbocycles. The van der Waals surface area contributed by atoms with Crippen LogP contribution in [0.2, 0.25) is 0 Å². The van der Waals surface area contributed by atoms with Crippen molar-refractivity contribution in [3.63, 3.8) is 0 Å². The molecule has 6 nitrogen and oxygen atoms in total. The van der Waals surface area contributed by atoms with Crippen LogP contribution in [0.1, 0.15) is 10.5 Å². The third-order valence-corrected chi connectivity index (χ3v) is 2.04. The van der Waals surface area contributed by atoms with Gasteiger partial charge in [0, 0.05) is 13.2 Å². The SMILES string of the molecule is Cn1cnc(C(=O)CP(=O)(O)O)c1. The van der Waals surface area contributed by atoms with Gasteiger partial charge in [-0.1, -0.05) is 0 Å². The third-order valence-electron chi connectivity index (χ3n) is 1.34. The summed E-state index contributed by atoms with van der Waals surface area (Å²) in [4.78, 5) is 31.8. The van der Waals surface area contributed by atoms with Crippen molar-refractivity contribution in [3.05, 3.63) is 18.2 Å². The fourth-order valence-corrected chi connectivity index (χ4v) is 1.36. The lowest BCUT2D eigenvalue weighted by atomic mass is 10.3. The number of rotatable bonds is 3. The van der Waals surface area contributed by atoms with Gasteiger partial charge in [-0.25, -0.2) is 4.98 Å². The van der Waals surface area contributed by atoms with Gasteiger partial charge in [-0.3, -0.25) is 9.36 Å². The van der Waals surface area contributed by atoms with Crippen molar-refractivity contribution < 1.29 is 19.1 Å². The van der Waals surface area contributed by atoms with Crippen LogP contribution in [0.15, 0.2) is 12.5 Å². The Balaban J connectivity index is 2.75. The van der Waals surface area contributed by atoms with E-state index in [1.165, 1.54) is 17.1 Å². The number of nitrogens with zero attached hydrogens (tertiary/aromatic N) is 2. The van der Waals surface area contributed by atoms with Crippen molar-refractivity contribution in [2.75, 3.05) is 6.16 Å². The molecule has 0 atom stereocenters. The van der Waals surface area contributed by atoms with Crippen LogP contribution in [-0.2, 0) is 11.6 Å². The molecular weight excluding hydrogens is 195 g/mol. The van der Waals surface area contributed by atoms with Gasteiger partial charge in [0.1, 0.15) is 11.9 Å². The van der Waals surface area contributed by atoms with Gasteiger partial charge in [-0.05, 0) is 0 Å². The number of aromatic nitrogens is 2. The zero-order chi connectivity index (χ0) is 10.1. The second kappa shape index (κ2) is 3.41. The van der Waals surface area contributed by atoms with Crippen molar-refractivity contribution in [2.45, 2.75) is 0 Å². The molecule has 1 aromatic rings. The quantitative estimate of drug-likeness (QED) is 0.524. The molecule has 2 N–H and O–H groups in total. The molecule has 1 rings (SSSR count). The van der Waals surface area contributed by atoms with Crippen LogP contribution >= 0.6 is 7.60 Å². The zero-order valence-corrected chi connectivity index (χ0v) is 7.81. The molecule has 0 aromatic carbocycles. The third kappa shape index (κ3) is 3.10. The van der Waals surface area contributed by atoms with Crippen LogP contribution in [0.5, 0.6) is 0 Å². The van der Waals surface area contributed by atoms with Crippen LogP contribution in [0, 0.1) is 0 Å². The molecule has 13 heavy (non-hydrogen) atoms. The van der Waals surface area contributed by atoms with Gasteiger partial charge in [0.25, 0.3) is 0 Å². The number of hydrogen-bond donors (Lipinski definition) is 2. The minimum Gasteiger partial charge on any atom is -0.340 e. The first-order valence-corrected chi connectivity index (χ1v) is 5.24. The Kier molecular flexibility index (Phi) is 2.66. The largest absolute Gasteiger partial charge is 0.340 e. The number of aryl methyl sites for hydroxylation is 1. The van der Waals surface area contributed by atoms with E-state index < -0.39 is 19.5 Å². The number of Topliss-reactive ketones (excluding diaryl/α,β-unsaturated/α-hetero) is 1. The van der Waals surface area contributed by atoms with Gasteiger partial charge in [-0.2, -0.15) is 0 Å². The summed E-state index contributed by atoms with van der Waals surface area (Å²) in [5.74, 6) is -0.645. The summed E-state index contributed by atoms with van der Waals surface area (Å²) in [7, 11) is -2.61. The molecule has 1 heterocycles. The Hall–Kier alpha value is -0.970. The van der Waals surface area contributed by atoms with Crippen LogP contribution in [0.4, 0.5) is 0 Å². The Labute approximate surface area is 74.4 Å². The molecular formula is C6H9N2O4P. The summed E-state index contributed by atoms with van der Waals surface area (Å²) >= 11 is 0. The van der Waals surface area contributed by atoms with E-state index in [1.54, 1.807) is 7.05 Å². The lowest BCUT2D eigenvalue weighted by Gasteiger charge is -1.99. The number of hydrogen-bond acceptors (Lipinski definition) is 3. The average molecular weight is 204 g/mol. The van der Waals surface area contributed by atoms with E-state index >= 15 is 0 Å².